The van der Waals surface area contributed by atoms with Gasteiger partial charge in [-0.25, -0.2) is 0 Å². The van der Waals surface area contributed by atoms with E-state index < -0.39 is 6.10 Å². The molecule has 0 aliphatic rings. The van der Waals surface area contributed by atoms with Crippen LogP contribution < -0.4 is 0 Å². The van der Waals surface area contributed by atoms with Crippen molar-refractivity contribution in [2.24, 2.45) is 0 Å². The third-order valence-electron chi connectivity index (χ3n) is 2.67. The highest BCUT2D eigenvalue weighted by molar-refractivity contribution is 14.1. The Morgan fingerprint density at radius 3 is 2.56 bits per heavy atom. The Hall–Kier alpha value is -0.390. The quantitative estimate of drug-likeness (QED) is 0.815. The summed E-state index contributed by atoms with van der Waals surface area (Å²) < 4.78 is 1.15. The van der Waals surface area contributed by atoms with E-state index >= 15 is 0 Å². The van der Waals surface area contributed by atoms with Gasteiger partial charge in [-0.1, -0.05) is 18.2 Å². The zero-order valence-corrected chi connectivity index (χ0v) is 12.2. The monoisotopic (exact) mass is 344 g/mol. The number of rotatable bonds is 2. The molecule has 0 fully saturated rings. The van der Waals surface area contributed by atoms with Crippen LogP contribution >= 0.6 is 33.9 Å². The van der Waals surface area contributed by atoms with Gasteiger partial charge in [-0.05, 0) is 64.6 Å². The van der Waals surface area contributed by atoms with Crippen LogP contribution in [-0.2, 0) is 0 Å². The van der Waals surface area contributed by atoms with E-state index in [-0.39, 0.29) is 0 Å². The van der Waals surface area contributed by atoms with Crippen LogP contribution in [0.4, 0.5) is 0 Å². The SMILES string of the molecule is Cc1ccsc1C(O)c1cccc(C)c1I. The van der Waals surface area contributed by atoms with Crippen LogP contribution in [0.25, 0.3) is 0 Å². The maximum atomic E-state index is 10.4. The van der Waals surface area contributed by atoms with Crippen LogP contribution in [0.5, 0.6) is 0 Å². The minimum absolute atomic E-state index is 0.494. The fourth-order valence-electron chi connectivity index (χ4n) is 1.69. The van der Waals surface area contributed by atoms with Gasteiger partial charge in [0.25, 0.3) is 0 Å². The number of hydrogen-bond donors (Lipinski definition) is 1. The molecule has 0 aliphatic heterocycles. The van der Waals surface area contributed by atoms with E-state index in [1.807, 2.05) is 30.5 Å². The second kappa shape index (κ2) is 4.85. The lowest BCUT2D eigenvalue weighted by Crippen LogP contribution is -2.02. The molecule has 1 N–H and O–H groups in total. The Morgan fingerprint density at radius 2 is 1.94 bits per heavy atom. The van der Waals surface area contributed by atoms with Crippen molar-refractivity contribution in [1.29, 1.82) is 0 Å². The first-order chi connectivity index (χ1) is 7.61. The molecule has 0 saturated carbocycles. The molecular formula is C13H13IOS. The van der Waals surface area contributed by atoms with E-state index in [0.29, 0.717) is 0 Å². The van der Waals surface area contributed by atoms with Crippen molar-refractivity contribution in [2.45, 2.75) is 20.0 Å². The molecular weight excluding hydrogens is 331 g/mol. The van der Waals surface area contributed by atoms with E-state index in [1.54, 1.807) is 11.3 Å². The predicted molar refractivity (Wildman–Crippen MR) is 77.0 cm³/mol. The summed E-state index contributed by atoms with van der Waals surface area (Å²) in [6, 6.07) is 8.11. The molecule has 1 atom stereocenters. The van der Waals surface area contributed by atoms with E-state index in [4.69, 9.17) is 0 Å². The first-order valence-corrected chi connectivity index (χ1v) is 7.04. The lowest BCUT2D eigenvalue weighted by atomic mass is 10.0. The van der Waals surface area contributed by atoms with Crippen LogP contribution in [0.3, 0.4) is 0 Å². The molecule has 1 unspecified atom stereocenters. The predicted octanol–water partition coefficient (Wildman–Crippen LogP) is 4.05. The zero-order valence-electron chi connectivity index (χ0n) is 9.20. The Labute approximate surface area is 113 Å². The highest BCUT2D eigenvalue weighted by Gasteiger charge is 2.17. The van der Waals surface area contributed by atoms with Gasteiger partial charge in [0.05, 0.1) is 0 Å². The molecule has 0 aliphatic carbocycles. The molecule has 0 saturated heterocycles. The maximum Gasteiger partial charge on any atom is 0.114 e. The summed E-state index contributed by atoms with van der Waals surface area (Å²) >= 11 is 3.92. The largest absolute Gasteiger partial charge is 0.383 e. The third kappa shape index (κ3) is 2.17. The molecule has 1 aromatic carbocycles. The van der Waals surface area contributed by atoms with Crippen LogP contribution in [0.15, 0.2) is 29.6 Å². The van der Waals surface area contributed by atoms with Gasteiger partial charge in [0.2, 0.25) is 0 Å². The van der Waals surface area contributed by atoms with Crippen molar-refractivity contribution in [3.05, 3.63) is 54.8 Å². The van der Waals surface area contributed by atoms with Gasteiger partial charge < -0.3 is 5.11 Å². The number of halogens is 1. The molecule has 0 bridgehead atoms. The summed E-state index contributed by atoms with van der Waals surface area (Å²) in [6.45, 7) is 4.11. The van der Waals surface area contributed by atoms with Crippen molar-refractivity contribution < 1.29 is 5.11 Å². The molecule has 0 amide bonds. The van der Waals surface area contributed by atoms with Gasteiger partial charge in [-0.15, -0.1) is 11.3 Å². The summed E-state index contributed by atoms with van der Waals surface area (Å²) in [4.78, 5) is 1.04. The Balaban J connectivity index is 2.46. The smallest absolute Gasteiger partial charge is 0.114 e. The van der Waals surface area contributed by atoms with Crippen molar-refractivity contribution >= 4 is 33.9 Å². The minimum Gasteiger partial charge on any atom is -0.383 e. The van der Waals surface area contributed by atoms with Crippen LogP contribution in [0.1, 0.15) is 27.7 Å². The fourth-order valence-corrected chi connectivity index (χ4v) is 3.27. The first kappa shape index (κ1) is 12.1. The van der Waals surface area contributed by atoms with E-state index in [9.17, 15) is 5.11 Å². The lowest BCUT2D eigenvalue weighted by molar-refractivity contribution is 0.222. The van der Waals surface area contributed by atoms with Gasteiger partial charge in [-0.2, -0.15) is 0 Å². The first-order valence-electron chi connectivity index (χ1n) is 5.08. The zero-order chi connectivity index (χ0) is 11.7. The molecule has 1 aromatic heterocycles. The standard InChI is InChI=1S/C13H13IOS/c1-8-4-3-5-10(11(8)14)12(15)13-9(2)6-7-16-13/h3-7,12,15H,1-2H3. The average Bonchev–Trinajstić information content (AvgIpc) is 2.68. The number of aryl methyl sites for hydroxylation is 2. The molecule has 1 nitrogen and oxygen atoms in total. The van der Waals surface area contributed by atoms with Crippen LogP contribution in [0, 0.1) is 17.4 Å². The van der Waals surface area contributed by atoms with Gasteiger partial charge >= 0.3 is 0 Å². The molecule has 0 spiro atoms. The van der Waals surface area contributed by atoms with Gasteiger partial charge in [0.15, 0.2) is 0 Å². The normalized spacial score (nSPS) is 12.8. The van der Waals surface area contributed by atoms with Crippen molar-refractivity contribution in [1.82, 2.24) is 0 Å². The second-order valence-electron chi connectivity index (χ2n) is 3.85. The van der Waals surface area contributed by atoms with Crippen molar-refractivity contribution in [2.75, 3.05) is 0 Å². The number of aliphatic hydroxyl groups is 1. The summed E-state index contributed by atoms with van der Waals surface area (Å²) in [5.74, 6) is 0. The number of benzene rings is 1. The average molecular weight is 344 g/mol. The molecule has 0 radical (unpaired) electrons. The summed E-state index contributed by atoms with van der Waals surface area (Å²) in [5.41, 5.74) is 3.38. The summed E-state index contributed by atoms with van der Waals surface area (Å²) in [7, 11) is 0. The van der Waals surface area contributed by atoms with Gasteiger partial charge in [0.1, 0.15) is 6.10 Å². The highest BCUT2D eigenvalue weighted by atomic mass is 127. The van der Waals surface area contributed by atoms with E-state index in [1.165, 1.54) is 5.56 Å². The van der Waals surface area contributed by atoms with Crippen LogP contribution in [0.2, 0.25) is 0 Å². The van der Waals surface area contributed by atoms with Crippen molar-refractivity contribution in [3.8, 4) is 0 Å². The number of hydrogen-bond acceptors (Lipinski definition) is 2. The Kier molecular flexibility index (Phi) is 3.66. The number of thiophene rings is 1. The molecule has 2 aromatic rings. The molecule has 2 rings (SSSR count). The molecule has 3 heteroatoms. The lowest BCUT2D eigenvalue weighted by Gasteiger charge is -2.14. The third-order valence-corrected chi connectivity index (χ3v) is 5.21. The topological polar surface area (TPSA) is 20.2 Å². The van der Waals surface area contributed by atoms with E-state index in [2.05, 4.69) is 35.6 Å². The summed E-state index contributed by atoms with van der Waals surface area (Å²) in [5, 5.41) is 12.4. The van der Waals surface area contributed by atoms with E-state index in [0.717, 1.165) is 19.6 Å². The maximum absolute atomic E-state index is 10.4. The second-order valence-corrected chi connectivity index (χ2v) is 5.87. The van der Waals surface area contributed by atoms with Gasteiger partial charge in [-0.3, -0.25) is 0 Å². The van der Waals surface area contributed by atoms with Crippen LogP contribution in [-0.4, -0.2) is 5.11 Å². The Bertz CT molecular complexity index is 504. The fraction of sp³-hybridized carbons (Fsp3) is 0.231. The minimum atomic E-state index is -0.494. The van der Waals surface area contributed by atoms with Crippen molar-refractivity contribution in [3.63, 3.8) is 0 Å². The van der Waals surface area contributed by atoms with Gasteiger partial charge in [0, 0.05) is 8.45 Å². The highest BCUT2D eigenvalue weighted by Crippen LogP contribution is 2.32. The number of aliphatic hydroxyl groups excluding tert-OH is 1. The molecule has 16 heavy (non-hydrogen) atoms. The summed E-state index contributed by atoms with van der Waals surface area (Å²) in [6.07, 6.45) is -0.494. The Morgan fingerprint density at radius 1 is 1.19 bits per heavy atom. The molecule has 1 heterocycles. The molecule has 84 valence electrons.